The number of rotatable bonds is 3. The molecule has 3 nitrogen and oxygen atoms in total. The number of ether oxygens (including phenoxy) is 1. The fourth-order valence-corrected chi connectivity index (χ4v) is 3.62. The summed E-state index contributed by atoms with van der Waals surface area (Å²) in [6, 6.07) is 6.35. The molecule has 2 aliphatic heterocycles. The zero-order valence-electron chi connectivity index (χ0n) is 12.3. The van der Waals surface area contributed by atoms with Crippen LogP contribution in [0.1, 0.15) is 37.8 Å². The number of likely N-dealkylation sites (N-methyl/N-ethyl adjacent to an activating group) is 1. The van der Waals surface area contributed by atoms with Crippen molar-refractivity contribution in [2.45, 2.75) is 37.8 Å². The van der Waals surface area contributed by atoms with Crippen LogP contribution in [0.5, 0.6) is 5.75 Å². The van der Waals surface area contributed by atoms with E-state index in [-0.39, 0.29) is 5.60 Å². The summed E-state index contributed by atoms with van der Waals surface area (Å²) in [5, 5.41) is 4.45. The van der Waals surface area contributed by atoms with Crippen molar-refractivity contribution in [1.82, 2.24) is 10.2 Å². The molecule has 0 radical (unpaired) electrons. The highest BCUT2D eigenvalue weighted by molar-refractivity contribution is 6.30. The number of hydrogen-bond donors (Lipinski definition) is 1. The van der Waals surface area contributed by atoms with Crippen LogP contribution in [0, 0.1) is 0 Å². The molecule has 1 spiro atoms. The standard InChI is InChI=1S/C16H23ClN2O/c1-3-7-18-14-10-16(6-8-19(2)11-16)20-15-5-4-12(17)9-13(14)15/h4-5,9,14,18H,3,6-8,10-11H2,1-2H3. The van der Waals surface area contributed by atoms with Crippen LogP contribution in [0.15, 0.2) is 18.2 Å². The molecule has 0 saturated carbocycles. The third-order valence-electron chi connectivity index (χ3n) is 4.40. The molecule has 4 heteroatoms. The third kappa shape index (κ3) is 2.67. The van der Waals surface area contributed by atoms with Gasteiger partial charge in [-0.15, -0.1) is 0 Å². The first kappa shape index (κ1) is 14.2. The third-order valence-corrected chi connectivity index (χ3v) is 4.63. The van der Waals surface area contributed by atoms with Gasteiger partial charge in [-0.05, 0) is 38.2 Å². The monoisotopic (exact) mass is 294 g/mol. The maximum atomic E-state index is 6.38. The molecular weight excluding hydrogens is 272 g/mol. The Morgan fingerprint density at radius 2 is 2.35 bits per heavy atom. The average Bonchev–Trinajstić information content (AvgIpc) is 2.77. The summed E-state index contributed by atoms with van der Waals surface area (Å²) in [4.78, 5) is 2.36. The highest BCUT2D eigenvalue weighted by atomic mass is 35.5. The van der Waals surface area contributed by atoms with E-state index in [0.717, 1.165) is 49.7 Å². The minimum absolute atomic E-state index is 0.0268. The Hall–Kier alpha value is -0.770. The van der Waals surface area contributed by atoms with Gasteiger partial charge in [-0.1, -0.05) is 18.5 Å². The van der Waals surface area contributed by atoms with E-state index >= 15 is 0 Å². The van der Waals surface area contributed by atoms with E-state index in [9.17, 15) is 0 Å². The predicted octanol–water partition coefficient (Wildman–Crippen LogP) is 3.24. The van der Waals surface area contributed by atoms with Crippen LogP contribution in [-0.2, 0) is 0 Å². The van der Waals surface area contributed by atoms with Crippen molar-refractivity contribution in [3.8, 4) is 5.75 Å². The van der Waals surface area contributed by atoms with E-state index < -0.39 is 0 Å². The Morgan fingerprint density at radius 3 is 3.05 bits per heavy atom. The van der Waals surface area contributed by atoms with Crippen molar-refractivity contribution < 1.29 is 4.74 Å². The fourth-order valence-electron chi connectivity index (χ4n) is 3.44. The molecule has 1 N–H and O–H groups in total. The molecule has 2 heterocycles. The van der Waals surface area contributed by atoms with E-state index in [1.807, 2.05) is 12.1 Å². The van der Waals surface area contributed by atoms with Gasteiger partial charge in [0.25, 0.3) is 0 Å². The molecule has 1 aromatic rings. The second-order valence-corrected chi connectivity index (χ2v) is 6.60. The Morgan fingerprint density at radius 1 is 1.50 bits per heavy atom. The molecular formula is C16H23ClN2O. The lowest BCUT2D eigenvalue weighted by Gasteiger charge is -2.40. The first-order valence-corrected chi connectivity index (χ1v) is 7.90. The van der Waals surface area contributed by atoms with Crippen molar-refractivity contribution in [1.29, 1.82) is 0 Å². The number of benzene rings is 1. The molecule has 3 rings (SSSR count). The summed E-state index contributed by atoms with van der Waals surface area (Å²) in [6.45, 7) is 5.36. The van der Waals surface area contributed by atoms with E-state index in [0.29, 0.717) is 6.04 Å². The van der Waals surface area contributed by atoms with Gasteiger partial charge in [-0.25, -0.2) is 0 Å². The van der Waals surface area contributed by atoms with Crippen LogP contribution in [0.3, 0.4) is 0 Å². The Kier molecular flexibility index (Phi) is 3.93. The molecule has 2 aliphatic rings. The minimum atomic E-state index is -0.0268. The summed E-state index contributed by atoms with van der Waals surface area (Å²) in [5.74, 6) is 1.00. The number of hydrogen-bond acceptors (Lipinski definition) is 3. The summed E-state index contributed by atoms with van der Waals surface area (Å²) >= 11 is 6.16. The lowest BCUT2D eigenvalue weighted by molar-refractivity contribution is 0.0408. The number of likely N-dealkylation sites (tertiary alicyclic amines) is 1. The molecule has 1 saturated heterocycles. The van der Waals surface area contributed by atoms with Crippen LogP contribution in [0.25, 0.3) is 0 Å². The van der Waals surface area contributed by atoms with Crippen molar-refractivity contribution in [3.63, 3.8) is 0 Å². The molecule has 0 bridgehead atoms. The summed E-state index contributed by atoms with van der Waals surface area (Å²) in [6.07, 6.45) is 3.28. The zero-order chi connectivity index (χ0) is 14.2. The van der Waals surface area contributed by atoms with Gasteiger partial charge in [0.15, 0.2) is 0 Å². The maximum Gasteiger partial charge on any atom is 0.125 e. The number of fused-ring (bicyclic) bond motifs is 1. The number of nitrogens with one attached hydrogen (secondary N) is 1. The maximum absolute atomic E-state index is 6.38. The zero-order valence-corrected chi connectivity index (χ0v) is 13.0. The lowest BCUT2D eigenvalue weighted by Crippen LogP contribution is -2.46. The quantitative estimate of drug-likeness (QED) is 0.926. The molecule has 20 heavy (non-hydrogen) atoms. The molecule has 0 amide bonds. The second-order valence-electron chi connectivity index (χ2n) is 6.17. The largest absolute Gasteiger partial charge is 0.485 e. The average molecular weight is 295 g/mol. The number of halogens is 1. The smallest absolute Gasteiger partial charge is 0.125 e. The highest BCUT2D eigenvalue weighted by Crippen LogP contribution is 2.44. The molecule has 1 fully saturated rings. The van der Waals surface area contributed by atoms with Gasteiger partial charge < -0.3 is 15.0 Å². The van der Waals surface area contributed by atoms with Gasteiger partial charge in [-0.2, -0.15) is 0 Å². The molecule has 1 aromatic carbocycles. The summed E-state index contributed by atoms with van der Waals surface area (Å²) < 4.78 is 6.38. The molecule has 110 valence electrons. The Labute approximate surface area is 126 Å². The fraction of sp³-hybridized carbons (Fsp3) is 0.625. The van der Waals surface area contributed by atoms with Gasteiger partial charge in [0.2, 0.25) is 0 Å². The van der Waals surface area contributed by atoms with Gasteiger partial charge in [0.05, 0.1) is 0 Å². The second kappa shape index (κ2) is 5.55. The summed E-state index contributed by atoms with van der Waals surface area (Å²) in [5.41, 5.74) is 1.19. The lowest BCUT2D eigenvalue weighted by atomic mass is 9.86. The first-order chi connectivity index (χ1) is 9.62. The molecule has 2 atom stereocenters. The molecule has 0 aromatic heterocycles. The SMILES string of the molecule is CCCNC1CC2(CCN(C)C2)Oc2ccc(Cl)cc21. The van der Waals surface area contributed by atoms with Gasteiger partial charge in [-0.3, -0.25) is 0 Å². The predicted molar refractivity (Wildman–Crippen MR) is 82.6 cm³/mol. The minimum Gasteiger partial charge on any atom is -0.485 e. The normalized spacial score (nSPS) is 29.4. The Bertz CT molecular complexity index is 493. The van der Waals surface area contributed by atoms with E-state index in [1.54, 1.807) is 0 Å². The molecule has 0 aliphatic carbocycles. The van der Waals surface area contributed by atoms with E-state index in [4.69, 9.17) is 16.3 Å². The van der Waals surface area contributed by atoms with Crippen LogP contribution < -0.4 is 10.1 Å². The van der Waals surface area contributed by atoms with E-state index in [1.165, 1.54) is 5.56 Å². The van der Waals surface area contributed by atoms with Crippen molar-refractivity contribution in [2.75, 3.05) is 26.7 Å². The van der Waals surface area contributed by atoms with E-state index in [2.05, 4.69) is 30.3 Å². The van der Waals surface area contributed by atoms with Crippen molar-refractivity contribution >= 4 is 11.6 Å². The Balaban J connectivity index is 1.91. The van der Waals surface area contributed by atoms with Crippen LogP contribution in [0.2, 0.25) is 5.02 Å². The molecule has 2 unspecified atom stereocenters. The first-order valence-electron chi connectivity index (χ1n) is 7.52. The summed E-state index contributed by atoms with van der Waals surface area (Å²) in [7, 11) is 2.17. The highest BCUT2D eigenvalue weighted by Gasteiger charge is 2.44. The van der Waals surface area contributed by atoms with Gasteiger partial charge in [0, 0.05) is 42.6 Å². The topological polar surface area (TPSA) is 24.5 Å². The van der Waals surface area contributed by atoms with Crippen LogP contribution in [0.4, 0.5) is 0 Å². The van der Waals surface area contributed by atoms with Crippen LogP contribution in [-0.4, -0.2) is 37.2 Å². The van der Waals surface area contributed by atoms with Crippen molar-refractivity contribution in [2.24, 2.45) is 0 Å². The number of nitrogens with zero attached hydrogens (tertiary/aromatic N) is 1. The van der Waals surface area contributed by atoms with Crippen molar-refractivity contribution in [3.05, 3.63) is 28.8 Å². The van der Waals surface area contributed by atoms with Crippen LogP contribution >= 0.6 is 11.6 Å². The van der Waals surface area contributed by atoms with Gasteiger partial charge >= 0.3 is 0 Å². The van der Waals surface area contributed by atoms with Gasteiger partial charge in [0.1, 0.15) is 11.4 Å².